The summed E-state index contributed by atoms with van der Waals surface area (Å²) in [5.74, 6) is 0.304. The molecule has 0 saturated heterocycles. The summed E-state index contributed by atoms with van der Waals surface area (Å²) >= 11 is 0. The maximum atomic E-state index is 11.0. The van der Waals surface area contributed by atoms with Crippen molar-refractivity contribution in [3.05, 3.63) is 18.1 Å². The molecule has 0 unspecified atom stereocenters. The Labute approximate surface area is 111 Å². The van der Waals surface area contributed by atoms with Crippen molar-refractivity contribution in [2.45, 2.75) is 44.8 Å². The van der Waals surface area contributed by atoms with E-state index in [1.807, 2.05) is 6.07 Å². The molecule has 0 radical (unpaired) electrons. The molecule has 1 aliphatic rings. The first-order chi connectivity index (χ1) is 9.19. The van der Waals surface area contributed by atoms with Gasteiger partial charge in [-0.15, -0.1) is 0 Å². The van der Waals surface area contributed by atoms with Crippen LogP contribution in [0, 0.1) is 11.3 Å². The van der Waals surface area contributed by atoms with E-state index in [4.69, 9.17) is 10.00 Å². The maximum Gasteiger partial charge on any atom is 0.251 e. The smallest absolute Gasteiger partial charge is 0.251 e. The molecule has 1 N–H and O–H groups in total. The van der Waals surface area contributed by atoms with Gasteiger partial charge in [0.1, 0.15) is 12.2 Å². The summed E-state index contributed by atoms with van der Waals surface area (Å²) in [6.07, 6.45) is 6.46. The summed E-state index contributed by atoms with van der Waals surface area (Å²) in [5.41, 5.74) is 0.214. The maximum absolute atomic E-state index is 11.0. The molecular formula is C13H16N4O2. The number of nitrogens with one attached hydrogen (secondary N) is 1. The van der Waals surface area contributed by atoms with E-state index >= 15 is 0 Å². The molecule has 19 heavy (non-hydrogen) atoms. The van der Waals surface area contributed by atoms with Gasteiger partial charge in [0.2, 0.25) is 11.6 Å². The zero-order valence-corrected chi connectivity index (χ0v) is 10.8. The molecule has 100 valence electrons. The number of hydrogen-bond acceptors (Lipinski definition) is 5. The highest BCUT2D eigenvalue weighted by molar-refractivity contribution is 5.73. The Balaban J connectivity index is 1.89. The van der Waals surface area contributed by atoms with Gasteiger partial charge >= 0.3 is 0 Å². The van der Waals surface area contributed by atoms with Crippen LogP contribution in [0.15, 0.2) is 12.4 Å². The van der Waals surface area contributed by atoms with Crippen LogP contribution in [0.2, 0.25) is 0 Å². The van der Waals surface area contributed by atoms with Gasteiger partial charge in [-0.25, -0.2) is 9.97 Å². The molecule has 0 aliphatic heterocycles. The number of nitriles is 1. The van der Waals surface area contributed by atoms with Gasteiger partial charge < -0.3 is 10.1 Å². The van der Waals surface area contributed by atoms with Crippen molar-refractivity contribution in [1.82, 2.24) is 15.3 Å². The van der Waals surface area contributed by atoms with Gasteiger partial charge in [-0.3, -0.25) is 4.79 Å². The Kier molecular flexibility index (Phi) is 4.29. The average Bonchev–Trinajstić information content (AvgIpc) is 2.41. The third-order valence-electron chi connectivity index (χ3n) is 3.13. The molecule has 1 aliphatic carbocycles. The molecule has 0 atom stereocenters. The van der Waals surface area contributed by atoms with Crippen LogP contribution >= 0.6 is 0 Å². The Morgan fingerprint density at radius 3 is 2.68 bits per heavy atom. The summed E-state index contributed by atoms with van der Waals surface area (Å²) in [7, 11) is 0. The van der Waals surface area contributed by atoms with Crippen molar-refractivity contribution < 1.29 is 9.53 Å². The Morgan fingerprint density at radius 1 is 1.37 bits per heavy atom. The van der Waals surface area contributed by atoms with Crippen molar-refractivity contribution in [1.29, 1.82) is 5.26 Å². The first-order valence-corrected chi connectivity index (χ1v) is 6.34. The zero-order chi connectivity index (χ0) is 13.7. The molecule has 1 heterocycles. The topological polar surface area (TPSA) is 87.9 Å². The lowest BCUT2D eigenvalue weighted by molar-refractivity contribution is -0.120. The number of rotatable bonds is 3. The van der Waals surface area contributed by atoms with Crippen LogP contribution in [0.3, 0.4) is 0 Å². The predicted octanol–water partition coefficient (Wildman–Crippen LogP) is 1.17. The summed E-state index contributed by atoms with van der Waals surface area (Å²) in [4.78, 5) is 18.9. The summed E-state index contributed by atoms with van der Waals surface area (Å²) < 4.78 is 5.72. The van der Waals surface area contributed by atoms with Crippen molar-refractivity contribution in [3.63, 3.8) is 0 Å². The molecule has 0 spiro atoms. The van der Waals surface area contributed by atoms with Gasteiger partial charge in [-0.1, -0.05) is 0 Å². The molecule has 0 aromatic carbocycles. The van der Waals surface area contributed by atoms with Gasteiger partial charge in [0.15, 0.2) is 0 Å². The third kappa shape index (κ3) is 3.65. The van der Waals surface area contributed by atoms with Gasteiger partial charge in [0.25, 0.3) is 5.88 Å². The van der Waals surface area contributed by atoms with E-state index in [2.05, 4.69) is 15.3 Å². The van der Waals surface area contributed by atoms with E-state index in [9.17, 15) is 4.79 Å². The molecule has 1 amide bonds. The molecule has 1 aromatic heterocycles. The number of amides is 1. The van der Waals surface area contributed by atoms with Crippen LogP contribution < -0.4 is 10.1 Å². The Morgan fingerprint density at radius 2 is 2.05 bits per heavy atom. The van der Waals surface area contributed by atoms with Gasteiger partial charge in [-0.2, -0.15) is 5.26 Å². The van der Waals surface area contributed by atoms with Crippen LogP contribution in [-0.2, 0) is 4.79 Å². The van der Waals surface area contributed by atoms with Crippen LogP contribution in [0.25, 0.3) is 0 Å². The SMILES string of the molecule is CC(=O)NC1CCC(Oc2nccnc2C#N)CC1. The fraction of sp³-hybridized carbons (Fsp3) is 0.538. The molecule has 0 bridgehead atoms. The molecule has 1 saturated carbocycles. The number of hydrogen-bond donors (Lipinski definition) is 1. The second-order valence-corrected chi connectivity index (χ2v) is 4.61. The van der Waals surface area contributed by atoms with Crippen LogP contribution in [0.1, 0.15) is 38.3 Å². The number of carbonyl (C=O) groups is 1. The van der Waals surface area contributed by atoms with E-state index in [1.54, 1.807) is 0 Å². The first kappa shape index (κ1) is 13.3. The van der Waals surface area contributed by atoms with Gasteiger partial charge in [0.05, 0.1) is 0 Å². The summed E-state index contributed by atoms with van der Waals surface area (Å²) in [6, 6.07) is 2.20. The lowest BCUT2D eigenvalue weighted by atomic mass is 9.93. The molecular weight excluding hydrogens is 244 g/mol. The van der Waals surface area contributed by atoms with Crippen LogP contribution in [-0.4, -0.2) is 28.0 Å². The van der Waals surface area contributed by atoms with Gasteiger partial charge in [0, 0.05) is 25.4 Å². The fourth-order valence-electron chi connectivity index (χ4n) is 2.26. The minimum Gasteiger partial charge on any atom is -0.472 e. The van der Waals surface area contributed by atoms with E-state index in [0.29, 0.717) is 5.88 Å². The predicted molar refractivity (Wildman–Crippen MR) is 67.2 cm³/mol. The van der Waals surface area contributed by atoms with Crippen molar-refractivity contribution in [3.8, 4) is 11.9 Å². The number of carbonyl (C=O) groups excluding carboxylic acids is 1. The Hall–Kier alpha value is -2.16. The quantitative estimate of drug-likeness (QED) is 0.881. The number of ether oxygens (including phenoxy) is 1. The summed E-state index contributed by atoms with van der Waals surface area (Å²) in [6.45, 7) is 1.53. The van der Waals surface area contributed by atoms with E-state index in [-0.39, 0.29) is 23.7 Å². The monoisotopic (exact) mass is 260 g/mol. The molecule has 2 rings (SSSR count). The van der Waals surface area contributed by atoms with E-state index < -0.39 is 0 Å². The van der Waals surface area contributed by atoms with E-state index in [0.717, 1.165) is 25.7 Å². The molecule has 6 heteroatoms. The molecule has 1 fully saturated rings. The molecule has 1 aromatic rings. The minimum atomic E-state index is 0.00469. The fourth-order valence-corrected chi connectivity index (χ4v) is 2.26. The normalized spacial score (nSPS) is 22.3. The lowest BCUT2D eigenvalue weighted by Gasteiger charge is -2.28. The standard InChI is InChI=1S/C13H16N4O2/c1-9(18)17-10-2-4-11(5-3-10)19-13-12(8-14)15-6-7-16-13/h6-7,10-11H,2-5H2,1H3,(H,17,18). The molecule has 6 nitrogen and oxygen atoms in total. The first-order valence-electron chi connectivity index (χ1n) is 6.34. The van der Waals surface area contributed by atoms with Crippen molar-refractivity contribution in [2.75, 3.05) is 0 Å². The third-order valence-corrected chi connectivity index (χ3v) is 3.13. The second-order valence-electron chi connectivity index (χ2n) is 4.61. The van der Waals surface area contributed by atoms with Crippen LogP contribution in [0.5, 0.6) is 5.88 Å². The van der Waals surface area contributed by atoms with Gasteiger partial charge in [-0.05, 0) is 25.7 Å². The lowest BCUT2D eigenvalue weighted by Crippen LogP contribution is -2.38. The van der Waals surface area contributed by atoms with Crippen molar-refractivity contribution in [2.24, 2.45) is 0 Å². The highest BCUT2D eigenvalue weighted by Gasteiger charge is 2.24. The van der Waals surface area contributed by atoms with Crippen molar-refractivity contribution >= 4 is 5.91 Å². The number of aromatic nitrogens is 2. The highest BCUT2D eigenvalue weighted by Crippen LogP contribution is 2.23. The van der Waals surface area contributed by atoms with Crippen LogP contribution in [0.4, 0.5) is 0 Å². The number of nitrogens with zero attached hydrogens (tertiary/aromatic N) is 3. The average molecular weight is 260 g/mol. The zero-order valence-electron chi connectivity index (χ0n) is 10.8. The minimum absolute atomic E-state index is 0.00469. The summed E-state index contributed by atoms with van der Waals surface area (Å²) in [5, 5.41) is 11.8. The largest absolute Gasteiger partial charge is 0.472 e. The second kappa shape index (κ2) is 6.14. The highest BCUT2D eigenvalue weighted by atomic mass is 16.5. The Bertz CT molecular complexity index is 490. The van der Waals surface area contributed by atoms with E-state index in [1.165, 1.54) is 19.3 Å².